The third-order valence-electron chi connectivity index (χ3n) is 1.76. The number of hydrogen-bond acceptors (Lipinski definition) is 7. The van der Waals surface area contributed by atoms with Gasteiger partial charge in [-0.25, -0.2) is 4.98 Å². The van der Waals surface area contributed by atoms with Gasteiger partial charge in [0.15, 0.2) is 11.3 Å². The molecule has 0 N–H and O–H groups in total. The Hall–Kier alpha value is -1.80. The summed E-state index contributed by atoms with van der Waals surface area (Å²) in [7, 11) is 1.58. The Labute approximate surface area is 104 Å². The fourth-order valence-corrected chi connectivity index (χ4v) is 2.30. The molecule has 0 saturated carbocycles. The van der Waals surface area contributed by atoms with Crippen molar-refractivity contribution in [3.8, 4) is 5.06 Å². The Bertz CT molecular complexity index is 561. The summed E-state index contributed by atoms with van der Waals surface area (Å²) < 4.78 is 5.01. The van der Waals surface area contributed by atoms with E-state index in [1.54, 1.807) is 25.5 Å². The Morgan fingerprint density at radius 2 is 2.18 bits per heavy atom. The van der Waals surface area contributed by atoms with Crippen molar-refractivity contribution in [2.45, 2.75) is 0 Å². The third-order valence-corrected chi connectivity index (χ3v) is 3.60. The van der Waals surface area contributed by atoms with E-state index < -0.39 is 4.92 Å². The molecule has 0 aromatic carbocycles. The molecule has 6 nitrogen and oxygen atoms in total. The van der Waals surface area contributed by atoms with Crippen LogP contribution in [0, 0.1) is 10.1 Å². The zero-order valence-electron chi connectivity index (χ0n) is 8.69. The molecule has 0 atom stereocenters. The summed E-state index contributed by atoms with van der Waals surface area (Å²) >= 11 is 2.42. The molecule has 0 bridgehead atoms. The van der Waals surface area contributed by atoms with Gasteiger partial charge in [0.05, 0.1) is 18.2 Å². The van der Waals surface area contributed by atoms with E-state index in [0.717, 1.165) is 21.4 Å². The van der Waals surface area contributed by atoms with Crippen LogP contribution in [-0.4, -0.2) is 22.0 Å². The predicted molar refractivity (Wildman–Crippen MR) is 66.4 cm³/mol. The van der Waals surface area contributed by atoms with E-state index in [-0.39, 0.29) is 5.13 Å². The van der Waals surface area contributed by atoms with Gasteiger partial charge in [-0.05, 0) is 33.4 Å². The lowest BCUT2D eigenvalue weighted by Gasteiger charge is -1.86. The number of aromatic nitrogens is 2. The van der Waals surface area contributed by atoms with E-state index in [2.05, 4.69) is 9.97 Å². The van der Waals surface area contributed by atoms with Crippen LogP contribution >= 0.6 is 22.7 Å². The van der Waals surface area contributed by atoms with Gasteiger partial charge in [-0.1, -0.05) is 11.3 Å². The number of rotatable bonds is 4. The van der Waals surface area contributed by atoms with Crippen molar-refractivity contribution in [3.63, 3.8) is 0 Å². The molecule has 0 spiro atoms. The largest absolute Gasteiger partial charge is 0.486 e. The molecular weight excluding hydrogens is 262 g/mol. The number of nitrogens with zero attached hydrogens (tertiary/aromatic N) is 3. The number of hydrogen-bond donors (Lipinski definition) is 0. The quantitative estimate of drug-likeness (QED) is 0.630. The summed E-state index contributed by atoms with van der Waals surface area (Å²) in [6.07, 6.45) is 6.59. The minimum atomic E-state index is -0.506. The fraction of sp³-hybridized carbons (Fsp3) is 0.111. The third kappa shape index (κ3) is 2.86. The van der Waals surface area contributed by atoms with Gasteiger partial charge in [0, 0.05) is 0 Å². The Balaban J connectivity index is 2.11. The van der Waals surface area contributed by atoms with Crippen LogP contribution in [0.5, 0.6) is 5.06 Å². The number of thiazole rings is 2. The van der Waals surface area contributed by atoms with Crippen molar-refractivity contribution in [2.75, 3.05) is 7.11 Å². The van der Waals surface area contributed by atoms with Gasteiger partial charge < -0.3 is 14.9 Å². The molecule has 0 radical (unpaired) electrons. The van der Waals surface area contributed by atoms with Crippen molar-refractivity contribution in [2.24, 2.45) is 0 Å². The van der Waals surface area contributed by atoms with Gasteiger partial charge in [-0.2, -0.15) is 0 Å². The first-order valence-electron chi connectivity index (χ1n) is 4.47. The van der Waals surface area contributed by atoms with E-state index in [1.165, 1.54) is 17.5 Å². The molecule has 0 amide bonds. The number of methoxy groups -OCH3 is 1. The molecule has 88 valence electrons. The standard InChI is InChI=1S/C9H7N3O3S2/c1-15-8-5-10-7(17-8)3-2-6-4-11-9(16-6)12(13)14/h2-5H,1H3/b3-2+. The van der Waals surface area contributed by atoms with Crippen LogP contribution in [0.4, 0.5) is 5.13 Å². The summed E-state index contributed by atoms with van der Waals surface area (Å²) in [5, 5.41) is 11.8. The SMILES string of the molecule is COc1cnc(/C=C/c2cnc([N+](=O)[O-])s2)s1. The van der Waals surface area contributed by atoms with Crippen molar-refractivity contribution in [1.29, 1.82) is 0 Å². The lowest BCUT2D eigenvalue weighted by Crippen LogP contribution is -1.83. The first-order valence-corrected chi connectivity index (χ1v) is 6.10. The van der Waals surface area contributed by atoms with Gasteiger partial charge in [0.1, 0.15) is 5.01 Å². The van der Waals surface area contributed by atoms with Crippen LogP contribution in [-0.2, 0) is 0 Å². The van der Waals surface area contributed by atoms with E-state index in [0.29, 0.717) is 4.88 Å². The smallest absolute Gasteiger partial charge is 0.423 e. The minimum Gasteiger partial charge on any atom is -0.486 e. The normalized spacial score (nSPS) is 10.9. The fourth-order valence-electron chi connectivity index (χ4n) is 1.04. The highest BCUT2D eigenvalue weighted by atomic mass is 32.1. The summed E-state index contributed by atoms with van der Waals surface area (Å²) in [4.78, 5) is 18.4. The van der Waals surface area contributed by atoms with Gasteiger partial charge in [0.2, 0.25) is 0 Å². The topological polar surface area (TPSA) is 78.2 Å². The Morgan fingerprint density at radius 1 is 1.35 bits per heavy atom. The van der Waals surface area contributed by atoms with Gasteiger partial charge in [0.25, 0.3) is 0 Å². The van der Waals surface area contributed by atoms with Crippen LogP contribution in [0.25, 0.3) is 12.2 Å². The second-order valence-electron chi connectivity index (χ2n) is 2.86. The molecule has 0 aliphatic carbocycles. The van der Waals surface area contributed by atoms with Gasteiger partial charge in [-0.3, -0.25) is 0 Å². The summed E-state index contributed by atoms with van der Waals surface area (Å²) in [5.74, 6) is 0. The van der Waals surface area contributed by atoms with E-state index in [9.17, 15) is 10.1 Å². The number of ether oxygens (including phenoxy) is 1. The monoisotopic (exact) mass is 269 g/mol. The highest BCUT2D eigenvalue weighted by Gasteiger charge is 2.10. The average Bonchev–Trinajstić information content (AvgIpc) is 2.95. The second-order valence-corrected chi connectivity index (χ2v) is 4.92. The highest BCUT2D eigenvalue weighted by Crippen LogP contribution is 2.25. The van der Waals surface area contributed by atoms with Crippen molar-refractivity contribution in [3.05, 3.63) is 32.4 Å². The van der Waals surface area contributed by atoms with Crippen LogP contribution in [0.3, 0.4) is 0 Å². The molecule has 2 aromatic rings. The molecule has 17 heavy (non-hydrogen) atoms. The molecule has 2 aromatic heterocycles. The number of nitro groups is 1. The minimum absolute atomic E-state index is 0.110. The molecule has 0 aliphatic rings. The van der Waals surface area contributed by atoms with Gasteiger partial charge in [-0.15, -0.1) is 0 Å². The lowest BCUT2D eigenvalue weighted by atomic mass is 10.4. The van der Waals surface area contributed by atoms with Crippen LogP contribution in [0.1, 0.15) is 9.88 Å². The molecule has 0 saturated heterocycles. The molecule has 0 aliphatic heterocycles. The van der Waals surface area contributed by atoms with Crippen LogP contribution < -0.4 is 4.74 Å². The lowest BCUT2D eigenvalue weighted by molar-refractivity contribution is -0.384. The molecular formula is C9H7N3O3S2. The first-order chi connectivity index (χ1) is 8.19. The molecule has 8 heteroatoms. The van der Waals surface area contributed by atoms with E-state index in [4.69, 9.17) is 4.74 Å². The maximum absolute atomic E-state index is 10.4. The Kier molecular flexibility index (Phi) is 3.45. The van der Waals surface area contributed by atoms with Crippen molar-refractivity contribution < 1.29 is 9.66 Å². The maximum Gasteiger partial charge on any atom is 0.423 e. The summed E-state index contributed by atoms with van der Waals surface area (Å²) in [6.45, 7) is 0. The van der Waals surface area contributed by atoms with E-state index >= 15 is 0 Å². The van der Waals surface area contributed by atoms with Crippen molar-refractivity contribution in [1.82, 2.24) is 9.97 Å². The van der Waals surface area contributed by atoms with Crippen LogP contribution in [0.2, 0.25) is 0 Å². The van der Waals surface area contributed by atoms with E-state index in [1.807, 2.05) is 0 Å². The first kappa shape index (κ1) is 11.7. The highest BCUT2D eigenvalue weighted by molar-refractivity contribution is 7.16. The average molecular weight is 269 g/mol. The molecule has 2 rings (SSSR count). The second kappa shape index (κ2) is 5.02. The van der Waals surface area contributed by atoms with Crippen molar-refractivity contribution >= 4 is 40.0 Å². The maximum atomic E-state index is 10.4. The summed E-state index contributed by atoms with van der Waals surface area (Å²) in [5.41, 5.74) is 0. The summed E-state index contributed by atoms with van der Waals surface area (Å²) in [6, 6.07) is 0. The molecule has 0 unspecified atom stereocenters. The predicted octanol–water partition coefficient (Wildman–Crippen LogP) is 2.69. The zero-order valence-corrected chi connectivity index (χ0v) is 10.3. The molecule has 0 fully saturated rings. The zero-order chi connectivity index (χ0) is 12.3. The van der Waals surface area contributed by atoms with Gasteiger partial charge >= 0.3 is 5.13 Å². The Morgan fingerprint density at radius 3 is 2.76 bits per heavy atom. The molecule has 2 heterocycles. The van der Waals surface area contributed by atoms with Crippen LogP contribution in [0.15, 0.2) is 12.4 Å².